The number of hydrogen-bond acceptors (Lipinski definition) is 5. The molecule has 21 heavy (non-hydrogen) atoms. The Hall–Kier alpha value is -0.581. The molecule has 1 saturated heterocycles. The van der Waals surface area contributed by atoms with Crippen LogP contribution >= 0.6 is 0 Å². The van der Waals surface area contributed by atoms with Gasteiger partial charge in [0.1, 0.15) is 5.60 Å². The van der Waals surface area contributed by atoms with E-state index in [4.69, 9.17) is 9.47 Å². The molecule has 6 atom stereocenters. The molecule has 1 saturated carbocycles. The summed E-state index contributed by atoms with van der Waals surface area (Å²) in [7, 11) is 0. The molecule has 5 nitrogen and oxygen atoms in total. The number of fused-ring (bicyclic) bond motifs is 1. The first kappa shape index (κ1) is 18.5. The molecule has 0 aromatic heterocycles. The Bertz CT molecular complexity index is 413. The van der Waals surface area contributed by atoms with Gasteiger partial charge in [-0.05, 0) is 31.1 Å². The first-order chi connectivity index (χ1) is 9.32. The monoisotopic (exact) mass is 339 g/mol. The summed E-state index contributed by atoms with van der Waals surface area (Å²) in [5.41, 5.74) is -1.33. The zero-order valence-corrected chi connectivity index (χ0v) is 13.8. The molecule has 0 bridgehead atoms. The van der Waals surface area contributed by atoms with Gasteiger partial charge in [-0.15, -0.1) is 0 Å². The molecule has 2 fully saturated rings. The molecular weight excluding hydrogens is 316 g/mol. The average Bonchev–Trinajstić information content (AvgIpc) is 2.35. The first-order valence-corrected chi connectivity index (χ1v) is 7.21. The van der Waals surface area contributed by atoms with Crippen LogP contribution in [0.1, 0.15) is 40.0 Å². The Balaban J connectivity index is 0.00000220. The number of ether oxygens (including phenoxy) is 2. The summed E-state index contributed by atoms with van der Waals surface area (Å²) in [6, 6.07) is 0. The quantitative estimate of drug-likeness (QED) is 0.612. The molecule has 1 aliphatic heterocycles. The van der Waals surface area contributed by atoms with Crippen LogP contribution in [0.4, 0.5) is 0 Å². The molecule has 0 spiro atoms. The molecule has 1 aliphatic carbocycles. The van der Waals surface area contributed by atoms with E-state index in [1.807, 2.05) is 0 Å². The maximum Gasteiger partial charge on any atom is 0.312 e. The van der Waals surface area contributed by atoms with Crippen molar-refractivity contribution in [1.29, 1.82) is 0 Å². The van der Waals surface area contributed by atoms with Gasteiger partial charge >= 0.3 is 11.9 Å². The van der Waals surface area contributed by atoms with Crippen LogP contribution in [-0.2, 0) is 36.1 Å². The summed E-state index contributed by atoms with van der Waals surface area (Å²) in [6.45, 7) is 8.97. The van der Waals surface area contributed by atoms with Crippen LogP contribution in [0, 0.1) is 30.6 Å². The predicted octanol–water partition coefficient (Wildman–Crippen LogP) is 1.68. The van der Waals surface area contributed by atoms with Crippen LogP contribution in [0.2, 0.25) is 0 Å². The molecule has 2 rings (SSSR count). The minimum Gasteiger partial charge on any atom is -0.422 e. The third-order valence-corrected chi connectivity index (χ3v) is 4.97. The normalized spacial score (nSPS) is 42.3. The zero-order valence-electron chi connectivity index (χ0n) is 12.6. The Morgan fingerprint density at radius 3 is 2.62 bits per heavy atom. The summed E-state index contributed by atoms with van der Waals surface area (Å²) in [5.74, 6) is -1.53. The summed E-state index contributed by atoms with van der Waals surface area (Å²) in [5, 5.41) is 11.2. The van der Waals surface area contributed by atoms with E-state index in [0.717, 1.165) is 12.8 Å². The van der Waals surface area contributed by atoms with Crippen molar-refractivity contribution in [2.45, 2.75) is 51.9 Å². The molecule has 0 unspecified atom stereocenters. The largest absolute Gasteiger partial charge is 0.422 e. The van der Waals surface area contributed by atoms with Gasteiger partial charge < -0.3 is 14.6 Å². The van der Waals surface area contributed by atoms with E-state index in [9.17, 15) is 14.7 Å². The van der Waals surface area contributed by atoms with Gasteiger partial charge in [0.05, 0.1) is 5.92 Å². The summed E-state index contributed by atoms with van der Waals surface area (Å²) >= 11 is 0. The maximum atomic E-state index is 11.9. The Kier molecular flexibility index (Phi) is 5.87. The standard InChI is InChI=1S/C15H23O5.Fe/c1-5-11-8(2)6-7-12-9(3)13(17)20-14(15(11,12)18)19-10(4)16;/h8-9,11-12,14,18H,1,5-7H2,2-4H3;/t8-,9-,11+,12+,14+,15-;/m1./s1. The van der Waals surface area contributed by atoms with E-state index in [1.54, 1.807) is 6.92 Å². The number of carbonyl (C=O) groups excluding carboxylic acids is 2. The van der Waals surface area contributed by atoms with Crippen molar-refractivity contribution in [3.8, 4) is 0 Å². The van der Waals surface area contributed by atoms with E-state index < -0.39 is 29.7 Å². The zero-order chi connectivity index (χ0) is 15.1. The molecule has 1 N–H and O–H groups in total. The van der Waals surface area contributed by atoms with Crippen molar-refractivity contribution >= 4 is 11.9 Å². The van der Waals surface area contributed by atoms with Gasteiger partial charge in [0.2, 0.25) is 0 Å². The second-order valence-electron chi connectivity index (χ2n) is 6.11. The van der Waals surface area contributed by atoms with Gasteiger partial charge in [-0.3, -0.25) is 9.59 Å². The fourth-order valence-electron chi connectivity index (χ4n) is 3.86. The molecule has 1 heterocycles. The minimum atomic E-state index is -1.33. The molecule has 6 heteroatoms. The first-order valence-electron chi connectivity index (χ1n) is 7.21. The van der Waals surface area contributed by atoms with Crippen LogP contribution in [0.5, 0.6) is 0 Å². The molecule has 121 valence electrons. The van der Waals surface area contributed by atoms with Gasteiger partial charge in [-0.2, -0.15) is 0 Å². The third kappa shape index (κ3) is 2.99. The van der Waals surface area contributed by atoms with Crippen LogP contribution < -0.4 is 0 Å². The minimum absolute atomic E-state index is 0. The Morgan fingerprint density at radius 2 is 2.10 bits per heavy atom. The maximum absolute atomic E-state index is 11.9. The average molecular weight is 339 g/mol. The van der Waals surface area contributed by atoms with Crippen LogP contribution in [0.15, 0.2) is 0 Å². The third-order valence-electron chi connectivity index (χ3n) is 4.97. The fraction of sp³-hybridized carbons (Fsp3) is 0.800. The van der Waals surface area contributed by atoms with E-state index in [1.165, 1.54) is 6.92 Å². The van der Waals surface area contributed by atoms with E-state index in [2.05, 4.69) is 13.8 Å². The molecule has 0 amide bonds. The number of cyclic esters (lactones) is 1. The van der Waals surface area contributed by atoms with Crippen LogP contribution in [0.3, 0.4) is 0 Å². The predicted molar refractivity (Wildman–Crippen MR) is 71.1 cm³/mol. The number of rotatable bonds is 2. The number of aliphatic hydroxyl groups is 1. The smallest absolute Gasteiger partial charge is 0.312 e. The van der Waals surface area contributed by atoms with Crippen LogP contribution in [-0.4, -0.2) is 28.9 Å². The van der Waals surface area contributed by atoms with Crippen molar-refractivity contribution in [2.24, 2.45) is 23.7 Å². The number of esters is 2. The molecule has 0 aromatic rings. The van der Waals surface area contributed by atoms with E-state index in [0.29, 0.717) is 6.42 Å². The van der Waals surface area contributed by atoms with Crippen LogP contribution in [0.25, 0.3) is 0 Å². The summed E-state index contributed by atoms with van der Waals surface area (Å²) in [6.07, 6.45) is 0.943. The van der Waals surface area contributed by atoms with Gasteiger partial charge in [-0.1, -0.05) is 20.8 Å². The molecule has 2 aliphatic rings. The van der Waals surface area contributed by atoms with Crippen molar-refractivity contribution in [3.63, 3.8) is 0 Å². The van der Waals surface area contributed by atoms with Gasteiger partial charge in [-0.25, -0.2) is 0 Å². The van der Waals surface area contributed by atoms with E-state index in [-0.39, 0.29) is 34.8 Å². The second-order valence-corrected chi connectivity index (χ2v) is 6.11. The fourth-order valence-corrected chi connectivity index (χ4v) is 3.86. The van der Waals surface area contributed by atoms with E-state index >= 15 is 0 Å². The topological polar surface area (TPSA) is 72.8 Å². The van der Waals surface area contributed by atoms with Crippen molar-refractivity contribution in [1.82, 2.24) is 0 Å². The molecule has 0 aromatic carbocycles. The van der Waals surface area contributed by atoms with Gasteiger partial charge in [0.15, 0.2) is 0 Å². The summed E-state index contributed by atoms with van der Waals surface area (Å²) in [4.78, 5) is 23.2. The van der Waals surface area contributed by atoms with Gasteiger partial charge in [0.25, 0.3) is 6.29 Å². The number of carbonyl (C=O) groups is 2. The summed E-state index contributed by atoms with van der Waals surface area (Å²) < 4.78 is 10.3. The molecule has 1 radical (unpaired) electrons. The number of hydrogen-bond donors (Lipinski definition) is 1. The second kappa shape index (κ2) is 6.67. The van der Waals surface area contributed by atoms with Crippen molar-refractivity contribution in [3.05, 3.63) is 6.92 Å². The Morgan fingerprint density at radius 1 is 1.48 bits per heavy atom. The SMILES string of the molecule is [CH2]C[C@H]1[C@H](C)CC[C@H]2[C@@H](C)C(=O)O[C@H](OC(C)=O)[C@@]12O.[Fe]. The van der Waals surface area contributed by atoms with Gasteiger partial charge in [0, 0.05) is 29.9 Å². The molecular formula is C15H23FeO5. The Labute approximate surface area is 136 Å². The van der Waals surface area contributed by atoms with Crippen molar-refractivity contribution in [2.75, 3.05) is 0 Å². The van der Waals surface area contributed by atoms with Crippen molar-refractivity contribution < 1.29 is 41.2 Å².